The molecule has 3 nitrogen and oxygen atoms in total. The summed E-state index contributed by atoms with van der Waals surface area (Å²) in [5.74, 6) is -0.0550. The van der Waals surface area contributed by atoms with Crippen LogP contribution in [-0.2, 0) is 0 Å². The highest BCUT2D eigenvalue weighted by atomic mass is 19.1. The van der Waals surface area contributed by atoms with Crippen LogP contribution in [0.15, 0.2) is 24.4 Å². The van der Waals surface area contributed by atoms with E-state index in [0.29, 0.717) is 6.54 Å². The minimum Gasteiger partial charge on any atom is -0.360 e. The lowest BCUT2D eigenvalue weighted by Crippen LogP contribution is -2.37. The van der Waals surface area contributed by atoms with Gasteiger partial charge in [-0.1, -0.05) is 0 Å². The van der Waals surface area contributed by atoms with Crippen LogP contribution < -0.4 is 5.32 Å². The van der Waals surface area contributed by atoms with Crippen molar-refractivity contribution >= 4 is 11.0 Å². The van der Waals surface area contributed by atoms with Crippen LogP contribution in [0.2, 0.25) is 0 Å². The normalized spacial score (nSPS) is 26.1. The van der Waals surface area contributed by atoms with E-state index >= 15 is 0 Å². The fourth-order valence-corrected chi connectivity index (χ4v) is 2.31. The van der Waals surface area contributed by atoms with Crippen LogP contribution in [0.5, 0.6) is 0 Å². The van der Waals surface area contributed by atoms with Crippen molar-refractivity contribution in [2.24, 2.45) is 0 Å². The van der Waals surface area contributed by atoms with Crippen LogP contribution in [0, 0.1) is 0 Å². The van der Waals surface area contributed by atoms with Gasteiger partial charge in [-0.3, -0.25) is 4.98 Å². The van der Waals surface area contributed by atoms with Crippen molar-refractivity contribution in [1.29, 1.82) is 0 Å². The predicted molar refractivity (Wildman–Crippen MR) is 61.2 cm³/mol. The van der Waals surface area contributed by atoms with Crippen molar-refractivity contribution in [2.75, 3.05) is 13.1 Å². The molecule has 2 N–H and O–H groups in total. The summed E-state index contributed by atoms with van der Waals surface area (Å²) in [5, 5.41) is 3.06. The summed E-state index contributed by atoms with van der Waals surface area (Å²) < 4.78 is 13.7. The minimum atomic E-state index is -0.822. The zero-order valence-corrected chi connectivity index (χ0v) is 8.91. The zero-order chi connectivity index (χ0) is 11.0. The van der Waals surface area contributed by atoms with Gasteiger partial charge in [0.2, 0.25) is 0 Å². The van der Waals surface area contributed by atoms with Crippen LogP contribution in [-0.4, -0.2) is 29.2 Å². The number of halogens is 1. The van der Waals surface area contributed by atoms with Crippen LogP contribution in [0.4, 0.5) is 4.39 Å². The molecule has 84 valence electrons. The van der Waals surface area contributed by atoms with E-state index < -0.39 is 6.17 Å². The first-order valence-electron chi connectivity index (χ1n) is 5.63. The molecule has 2 aromatic heterocycles. The Bertz CT molecular complexity index is 494. The molecule has 1 aliphatic heterocycles. The van der Waals surface area contributed by atoms with E-state index in [1.807, 2.05) is 24.4 Å². The van der Waals surface area contributed by atoms with Crippen molar-refractivity contribution in [1.82, 2.24) is 15.3 Å². The first-order chi connectivity index (χ1) is 7.84. The van der Waals surface area contributed by atoms with Gasteiger partial charge in [-0.15, -0.1) is 0 Å². The van der Waals surface area contributed by atoms with Crippen molar-refractivity contribution in [3.05, 3.63) is 30.1 Å². The number of nitrogens with one attached hydrogen (secondary N) is 2. The van der Waals surface area contributed by atoms with Crippen LogP contribution in [0.25, 0.3) is 11.0 Å². The molecule has 0 bridgehead atoms. The maximum absolute atomic E-state index is 13.7. The Morgan fingerprint density at radius 1 is 1.31 bits per heavy atom. The summed E-state index contributed by atoms with van der Waals surface area (Å²) in [7, 11) is 0. The third-order valence-corrected chi connectivity index (χ3v) is 3.21. The summed E-state index contributed by atoms with van der Waals surface area (Å²) in [5.41, 5.74) is 2.80. The zero-order valence-electron chi connectivity index (χ0n) is 8.91. The lowest BCUT2D eigenvalue weighted by atomic mass is 9.92. The largest absolute Gasteiger partial charge is 0.360 e. The van der Waals surface area contributed by atoms with Crippen LogP contribution in [0.3, 0.4) is 0 Å². The van der Waals surface area contributed by atoms with Gasteiger partial charge in [-0.05, 0) is 31.2 Å². The number of pyridine rings is 1. The molecule has 0 aromatic carbocycles. The number of aromatic nitrogens is 2. The number of hydrogen-bond acceptors (Lipinski definition) is 2. The highest BCUT2D eigenvalue weighted by Gasteiger charge is 2.27. The third kappa shape index (κ3) is 1.59. The molecule has 2 aromatic rings. The quantitative estimate of drug-likeness (QED) is 0.770. The average molecular weight is 219 g/mol. The molecule has 1 fully saturated rings. The van der Waals surface area contributed by atoms with Gasteiger partial charge in [-0.2, -0.15) is 0 Å². The molecule has 3 heterocycles. The Labute approximate surface area is 93.1 Å². The fourth-order valence-electron chi connectivity index (χ4n) is 2.31. The van der Waals surface area contributed by atoms with E-state index in [-0.39, 0.29) is 5.92 Å². The summed E-state index contributed by atoms with van der Waals surface area (Å²) in [6, 6.07) is 5.83. The van der Waals surface area contributed by atoms with Gasteiger partial charge < -0.3 is 10.3 Å². The van der Waals surface area contributed by atoms with Crippen LogP contribution in [0.1, 0.15) is 18.0 Å². The van der Waals surface area contributed by atoms with Crippen molar-refractivity contribution in [2.45, 2.75) is 18.5 Å². The monoisotopic (exact) mass is 219 g/mol. The number of hydrogen-bond donors (Lipinski definition) is 2. The number of fused-ring (bicyclic) bond motifs is 1. The smallest absolute Gasteiger partial charge is 0.121 e. The van der Waals surface area contributed by atoms with E-state index in [9.17, 15) is 4.39 Å². The Morgan fingerprint density at radius 3 is 3.12 bits per heavy atom. The third-order valence-electron chi connectivity index (χ3n) is 3.21. The molecule has 2 atom stereocenters. The molecule has 0 unspecified atom stereocenters. The number of nitrogens with zero attached hydrogens (tertiary/aromatic N) is 1. The molecular formula is C12H14FN3. The van der Waals surface area contributed by atoms with E-state index in [1.54, 1.807) is 0 Å². The van der Waals surface area contributed by atoms with Gasteiger partial charge in [0.15, 0.2) is 0 Å². The van der Waals surface area contributed by atoms with Gasteiger partial charge in [0, 0.05) is 24.4 Å². The molecule has 16 heavy (non-hydrogen) atoms. The highest BCUT2D eigenvalue weighted by molar-refractivity contribution is 5.74. The van der Waals surface area contributed by atoms with Gasteiger partial charge in [0.25, 0.3) is 0 Å². The highest BCUT2D eigenvalue weighted by Crippen LogP contribution is 2.27. The Morgan fingerprint density at radius 2 is 2.25 bits per heavy atom. The lowest BCUT2D eigenvalue weighted by molar-refractivity contribution is 0.229. The molecule has 1 saturated heterocycles. The molecule has 0 aliphatic carbocycles. The van der Waals surface area contributed by atoms with Crippen molar-refractivity contribution in [3.8, 4) is 0 Å². The molecule has 3 rings (SSSR count). The first kappa shape index (κ1) is 9.78. The molecule has 0 spiro atoms. The maximum atomic E-state index is 13.7. The first-order valence-corrected chi connectivity index (χ1v) is 5.63. The van der Waals surface area contributed by atoms with Gasteiger partial charge in [-0.25, -0.2) is 4.39 Å². The maximum Gasteiger partial charge on any atom is 0.121 e. The average Bonchev–Trinajstić information content (AvgIpc) is 2.76. The van der Waals surface area contributed by atoms with E-state index in [4.69, 9.17) is 0 Å². The summed E-state index contributed by atoms with van der Waals surface area (Å²) in [6.07, 6.45) is 1.86. The van der Waals surface area contributed by atoms with E-state index in [0.717, 1.165) is 29.7 Å². The van der Waals surface area contributed by atoms with Crippen molar-refractivity contribution < 1.29 is 4.39 Å². The molecule has 0 saturated carbocycles. The second-order valence-corrected chi connectivity index (χ2v) is 4.26. The number of rotatable bonds is 1. The lowest BCUT2D eigenvalue weighted by Gasteiger charge is -2.26. The predicted octanol–water partition coefficient (Wildman–Crippen LogP) is 1.98. The van der Waals surface area contributed by atoms with Crippen LogP contribution >= 0.6 is 0 Å². The second kappa shape index (κ2) is 3.87. The van der Waals surface area contributed by atoms with Gasteiger partial charge in [0.1, 0.15) is 6.17 Å². The van der Waals surface area contributed by atoms with E-state index in [1.165, 1.54) is 0 Å². The number of piperidine rings is 1. The fraction of sp³-hybridized carbons (Fsp3) is 0.417. The molecule has 1 aliphatic rings. The molecule has 4 heteroatoms. The van der Waals surface area contributed by atoms with Gasteiger partial charge >= 0.3 is 0 Å². The molecular weight excluding hydrogens is 205 g/mol. The number of aromatic amines is 1. The molecule has 0 amide bonds. The summed E-state index contributed by atoms with van der Waals surface area (Å²) in [4.78, 5) is 7.60. The topological polar surface area (TPSA) is 40.7 Å². The van der Waals surface area contributed by atoms with E-state index in [2.05, 4.69) is 15.3 Å². The summed E-state index contributed by atoms with van der Waals surface area (Å²) >= 11 is 0. The standard InChI is InChI=1S/C12H14FN3/c13-9-7-14-5-3-8(9)10-1-2-11-12(16-10)4-6-15-11/h1-2,4,6,8-9,14-15H,3,5,7H2/t8-,9-/m1/s1. The van der Waals surface area contributed by atoms with Gasteiger partial charge in [0.05, 0.1) is 11.0 Å². The van der Waals surface area contributed by atoms with Crippen molar-refractivity contribution in [3.63, 3.8) is 0 Å². The number of alkyl halides is 1. The summed E-state index contributed by atoms with van der Waals surface area (Å²) in [6.45, 7) is 1.31. The SMILES string of the molecule is F[C@@H]1CNCC[C@H]1c1ccc2[nH]ccc2n1. The minimum absolute atomic E-state index is 0.0550. The number of H-pyrrole nitrogens is 1. The Hall–Kier alpha value is -1.42. The molecule has 0 radical (unpaired) electrons. The Kier molecular flexibility index (Phi) is 2.36. The second-order valence-electron chi connectivity index (χ2n) is 4.26. The Balaban J connectivity index is 1.97.